The molecular formula is C10H13NO2. The lowest BCUT2D eigenvalue weighted by molar-refractivity contribution is 0.308. The number of para-hydroxylation sites is 1. The van der Waals surface area contributed by atoms with Crippen molar-refractivity contribution in [3.63, 3.8) is 0 Å². The highest BCUT2D eigenvalue weighted by atomic mass is 16.5. The third kappa shape index (κ3) is 2.78. The molecule has 3 nitrogen and oxygen atoms in total. The fourth-order valence-corrected chi connectivity index (χ4v) is 0.921. The molecule has 0 aliphatic carbocycles. The number of benzene rings is 1. The van der Waals surface area contributed by atoms with Gasteiger partial charge < -0.3 is 9.47 Å². The van der Waals surface area contributed by atoms with E-state index in [1.165, 1.54) is 7.11 Å². The maximum atomic E-state index is 7.21. The van der Waals surface area contributed by atoms with Crippen LogP contribution in [0.25, 0.3) is 0 Å². The molecule has 0 spiro atoms. The van der Waals surface area contributed by atoms with Crippen molar-refractivity contribution in [2.24, 2.45) is 0 Å². The van der Waals surface area contributed by atoms with E-state index < -0.39 is 0 Å². The fraction of sp³-hybridized carbons (Fsp3) is 0.300. The summed E-state index contributed by atoms with van der Waals surface area (Å²) in [5, 5.41) is 7.21. The summed E-state index contributed by atoms with van der Waals surface area (Å²) >= 11 is 0. The molecule has 0 radical (unpaired) electrons. The second kappa shape index (κ2) is 4.50. The van der Waals surface area contributed by atoms with E-state index >= 15 is 0 Å². The van der Waals surface area contributed by atoms with E-state index in [1.54, 1.807) is 0 Å². The molecule has 1 aromatic carbocycles. The molecule has 0 aliphatic heterocycles. The van der Waals surface area contributed by atoms with Gasteiger partial charge in [-0.15, -0.1) is 0 Å². The van der Waals surface area contributed by atoms with Gasteiger partial charge in [-0.1, -0.05) is 18.2 Å². The van der Waals surface area contributed by atoms with Crippen LogP contribution in [-0.4, -0.2) is 19.6 Å². The zero-order valence-corrected chi connectivity index (χ0v) is 7.83. The van der Waals surface area contributed by atoms with E-state index in [-0.39, 0.29) is 12.5 Å². The minimum atomic E-state index is 0.128. The van der Waals surface area contributed by atoms with Crippen LogP contribution in [0.3, 0.4) is 0 Å². The molecule has 0 atom stereocenters. The highest BCUT2D eigenvalue weighted by Gasteiger charge is 1.99. The number of aryl methyl sites for hydroxylation is 1. The molecule has 3 heteroatoms. The van der Waals surface area contributed by atoms with Crippen LogP contribution in [0.1, 0.15) is 5.56 Å². The third-order valence-electron chi connectivity index (χ3n) is 1.70. The van der Waals surface area contributed by atoms with E-state index in [0.29, 0.717) is 0 Å². The Labute approximate surface area is 77.8 Å². The van der Waals surface area contributed by atoms with E-state index in [2.05, 4.69) is 4.74 Å². The highest BCUT2D eigenvalue weighted by molar-refractivity contribution is 5.74. The van der Waals surface area contributed by atoms with Crippen LogP contribution in [0.15, 0.2) is 24.3 Å². The summed E-state index contributed by atoms with van der Waals surface area (Å²) in [6.07, 6.45) is 0. The standard InChI is InChI=1S/C10H13NO2/c1-8-5-3-4-6-9(8)13-7-10(11)12-2/h3-6,11H,7H2,1-2H3. The molecular weight excluding hydrogens is 166 g/mol. The van der Waals surface area contributed by atoms with Crippen molar-refractivity contribution in [2.45, 2.75) is 6.92 Å². The Bertz CT molecular complexity index is 297. The molecule has 0 amide bonds. The van der Waals surface area contributed by atoms with Gasteiger partial charge in [0.25, 0.3) is 0 Å². The van der Waals surface area contributed by atoms with Crippen molar-refractivity contribution < 1.29 is 9.47 Å². The van der Waals surface area contributed by atoms with Crippen LogP contribution in [0.2, 0.25) is 0 Å². The normalized spacial score (nSPS) is 9.38. The van der Waals surface area contributed by atoms with Crippen molar-refractivity contribution in [1.29, 1.82) is 5.41 Å². The van der Waals surface area contributed by atoms with Gasteiger partial charge in [0.1, 0.15) is 5.75 Å². The highest BCUT2D eigenvalue weighted by Crippen LogP contribution is 2.15. The molecule has 0 saturated heterocycles. The molecule has 0 unspecified atom stereocenters. The van der Waals surface area contributed by atoms with Crippen LogP contribution in [0.5, 0.6) is 5.75 Å². The molecule has 1 aromatic rings. The summed E-state index contributed by atoms with van der Waals surface area (Å²) in [6.45, 7) is 2.15. The zero-order chi connectivity index (χ0) is 9.68. The first-order chi connectivity index (χ1) is 6.24. The van der Waals surface area contributed by atoms with E-state index in [4.69, 9.17) is 10.1 Å². The Morgan fingerprint density at radius 2 is 2.08 bits per heavy atom. The minimum Gasteiger partial charge on any atom is -0.484 e. The summed E-state index contributed by atoms with van der Waals surface area (Å²) in [5.74, 6) is 0.924. The van der Waals surface area contributed by atoms with Crippen LogP contribution < -0.4 is 4.74 Å². The first kappa shape index (κ1) is 9.58. The summed E-state index contributed by atoms with van der Waals surface area (Å²) < 4.78 is 10.0. The first-order valence-corrected chi connectivity index (χ1v) is 4.04. The zero-order valence-electron chi connectivity index (χ0n) is 7.83. The largest absolute Gasteiger partial charge is 0.484 e. The van der Waals surface area contributed by atoms with Gasteiger partial charge in [-0.05, 0) is 18.6 Å². The average Bonchev–Trinajstić information content (AvgIpc) is 2.16. The number of ether oxygens (including phenoxy) is 2. The summed E-state index contributed by atoms with van der Waals surface area (Å²) in [4.78, 5) is 0. The smallest absolute Gasteiger partial charge is 0.219 e. The molecule has 0 heterocycles. The molecule has 13 heavy (non-hydrogen) atoms. The Hall–Kier alpha value is -1.51. The molecule has 0 fully saturated rings. The minimum absolute atomic E-state index is 0.128. The quantitative estimate of drug-likeness (QED) is 0.569. The second-order valence-electron chi connectivity index (χ2n) is 2.68. The van der Waals surface area contributed by atoms with Gasteiger partial charge in [0.15, 0.2) is 6.61 Å². The van der Waals surface area contributed by atoms with Crippen molar-refractivity contribution in [1.82, 2.24) is 0 Å². The lowest BCUT2D eigenvalue weighted by Gasteiger charge is -2.08. The number of hydrogen-bond donors (Lipinski definition) is 1. The SMILES string of the molecule is COC(=N)COc1ccccc1C. The van der Waals surface area contributed by atoms with Gasteiger partial charge in [-0.3, -0.25) is 5.41 Å². The predicted molar refractivity (Wildman–Crippen MR) is 51.4 cm³/mol. The van der Waals surface area contributed by atoms with Crippen molar-refractivity contribution in [3.05, 3.63) is 29.8 Å². The molecule has 0 aromatic heterocycles. The topological polar surface area (TPSA) is 42.3 Å². The van der Waals surface area contributed by atoms with Crippen molar-refractivity contribution in [3.8, 4) is 5.75 Å². The Morgan fingerprint density at radius 3 is 2.69 bits per heavy atom. The number of hydrogen-bond acceptors (Lipinski definition) is 3. The third-order valence-corrected chi connectivity index (χ3v) is 1.70. The molecule has 0 saturated carbocycles. The Balaban J connectivity index is 2.54. The maximum Gasteiger partial charge on any atom is 0.219 e. The predicted octanol–water partition coefficient (Wildman–Crippen LogP) is 2.00. The van der Waals surface area contributed by atoms with Gasteiger partial charge >= 0.3 is 0 Å². The number of rotatable bonds is 3. The number of nitrogens with one attached hydrogen (secondary N) is 1. The van der Waals surface area contributed by atoms with Gasteiger partial charge in [-0.2, -0.15) is 0 Å². The van der Waals surface area contributed by atoms with Crippen LogP contribution in [0, 0.1) is 12.3 Å². The maximum absolute atomic E-state index is 7.21. The van der Waals surface area contributed by atoms with E-state index in [9.17, 15) is 0 Å². The Morgan fingerprint density at radius 1 is 1.38 bits per heavy atom. The van der Waals surface area contributed by atoms with E-state index in [1.807, 2.05) is 31.2 Å². The first-order valence-electron chi connectivity index (χ1n) is 4.04. The summed E-state index contributed by atoms with van der Waals surface area (Å²) in [7, 11) is 1.46. The van der Waals surface area contributed by atoms with Crippen molar-refractivity contribution in [2.75, 3.05) is 13.7 Å². The van der Waals surface area contributed by atoms with Crippen molar-refractivity contribution >= 4 is 5.90 Å². The van der Waals surface area contributed by atoms with E-state index in [0.717, 1.165) is 11.3 Å². The van der Waals surface area contributed by atoms with Gasteiger partial charge in [0.05, 0.1) is 7.11 Å². The average molecular weight is 179 g/mol. The monoisotopic (exact) mass is 179 g/mol. The van der Waals surface area contributed by atoms with Crippen LogP contribution in [-0.2, 0) is 4.74 Å². The van der Waals surface area contributed by atoms with Gasteiger partial charge in [-0.25, -0.2) is 0 Å². The molecule has 70 valence electrons. The summed E-state index contributed by atoms with van der Waals surface area (Å²) in [5.41, 5.74) is 1.06. The molecule has 0 aliphatic rings. The lowest BCUT2D eigenvalue weighted by Crippen LogP contribution is -2.12. The van der Waals surface area contributed by atoms with Gasteiger partial charge in [0, 0.05) is 0 Å². The molecule has 1 rings (SSSR count). The molecule has 1 N–H and O–H groups in total. The Kier molecular flexibility index (Phi) is 3.31. The summed E-state index contributed by atoms with van der Waals surface area (Å²) in [6, 6.07) is 7.69. The lowest BCUT2D eigenvalue weighted by atomic mass is 10.2. The molecule has 0 bridgehead atoms. The number of methoxy groups -OCH3 is 1. The van der Waals surface area contributed by atoms with Crippen LogP contribution in [0.4, 0.5) is 0 Å². The van der Waals surface area contributed by atoms with Crippen LogP contribution >= 0.6 is 0 Å². The second-order valence-corrected chi connectivity index (χ2v) is 2.68. The van der Waals surface area contributed by atoms with Gasteiger partial charge in [0.2, 0.25) is 5.90 Å². The fourth-order valence-electron chi connectivity index (χ4n) is 0.921.